The summed E-state index contributed by atoms with van der Waals surface area (Å²) in [5.41, 5.74) is 6.59. The van der Waals surface area contributed by atoms with Gasteiger partial charge in [-0.2, -0.15) is 0 Å². The van der Waals surface area contributed by atoms with Crippen molar-refractivity contribution < 1.29 is 4.39 Å². The first kappa shape index (κ1) is 18.0. The molecular weight excluding hydrogens is 359 g/mol. The molecule has 0 fully saturated rings. The molecule has 1 aliphatic carbocycles. The summed E-state index contributed by atoms with van der Waals surface area (Å²) in [4.78, 5) is 8.67. The van der Waals surface area contributed by atoms with Crippen molar-refractivity contribution in [3.05, 3.63) is 94.8 Å². The van der Waals surface area contributed by atoms with E-state index in [0.717, 1.165) is 53.8 Å². The number of aryl methyl sites for hydroxylation is 1. The monoisotopic (exact) mass is 382 g/mol. The maximum absolute atomic E-state index is 14.8. The Labute approximate surface area is 170 Å². The van der Waals surface area contributed by atoms with Crippen molar-refractivity contribution in [2.75, 3.05) is 6.54 Å². The fourth-order valence-electron chi connectivity index (χ4n) is 4.44. The van der Waals surface area contributed by atoms with Gasteiger partial charge in [0.2, 0.25) is 0 Å². The standard InChI is InChI=1S/C26H23FN2/c27-25-17-23(22-6-3-7-24(16-22)26-28-12-13-29-26)11-10-19(25)9-8-18-14-20-4-1-2-5-21(20)15-18/h1-7,10-12,16-18H,8-9,13-15H2. The zero-order valence-electron chi connectivity index (χ0n) is 16.3. The molecule has 0 atom stereocenters. The van der Waals surface area contributed by atoms with E-state index >= 15 is 0 Å². The summed E-state index contributed by atoms with van der Waals surface area (Å²) in [6.45, 7) is 0.634. The van der Waals surface area contributed by atoms with Crippen LogP contribution in [0.15, 0.2) is 76.7 Å². The maximum Gasteiger partial charge on any atom is 0.154 e. The van der Waals surface area contributed by atoms with E-state index in [9.17, 15) is 4.39 Å². The molecule has 5 rings (SSSR count). The summed E-state index contributed by atoms with van der Waals surface area (Å²) in [6, 6.07) is 22.3. The van der Waals surface area contributed by atoms with Gasteiger partial charge < -0.3 is 0 Å². The summed E-state index contributed by atoms with van der Waals surface area (Å²) in [5, 5.41) is 0. The molecule has 3 aromatic rings. The summed E-state index contributed by atoms with van der Waals surface area (Å²) in [6.07, 6.45) is 5.86. The van der Waals surface area contributed by atoms with Gasteiger partial charge >= 0.3 is 0 Å². The van der Waals surface area contributed by atoms with Crippen molar-refractivity contribution in [2.45, 2.75) is 25.7 Å². The Kier molecular flexibility index (Phi) is 4.81. The lowest BCUT2D eigenvalue weighted by Crippen LogP contribution is -2.03. The van der Waals surface area contributed by atoms with Crippen molar-refractivity contribution in [2.24, 2.45) is 15.9 Å². The minimum Gasteiger partial charge on any atom is -0.260 e. The first-order chi connectivity index (χ1) is 14.3. The molecule has 2 aliphatic rings. The molecule has 0 bridgehead atoms. The van der Waals surface area contributed by atoms with Gasteiger partial charge in [0.1, 0.15) is 5.82 Å². The lowest BCUT2D eigenvalue weighted by molar-refractivity contribution is 0.504. The molecular formula is C26H23FN2. The van der Waals surface area contributed by atoms with E-state index in [1.807, 2.05) is 36.4 Å². The number of rotatable bonds is 5. The Morgan fingerprint density at radius 2 is 1.59 bits per heavy atom. The smallest absolute Gasteiger partial charge is 0.154 e. The van der Waals surface area contributed by atoms with Crippen LogP contribution in [0, 0.1) is 11.7 Å². The number of aliphatic imine (C=N–C) groups is 2. The van der Waals surface area contributed by atoms with Crippen LogP contribution in [0.4, 0.5) is 4.39 Å². The topological polar surface area (TPSA) is 24.7 Å². The molecule has 0 saturated carbocycles. The van der Waals surface area contributed by atoms with Crippen LogP contribution in [0.1, 0.15) is 28.7 Å². The van der Waals surface area contributed by atoms with E-state index < -0.39 is 0 Å². The molecule has 0 N–H and O–H groups in total. The van der Waals surface area contributed by atoms with Crippen LogP contribution in [0.25, 0.3) is 11.1 Å². The predicted molar refractivity (Wildman–Crippen MR) is 117 cm³/mol. The van der Waals surface area contributed by atoms with Gasteiger partial charge in [-0.3, -0.25) is 4.99 Å². The highest BCUT2D eigenvalue weighted by molar-refractivity contribution is 6.06. The second-order valence-corrected chi connectivity index (χ2v) is 7.94. The Hall–Kier alpha value is -3.07. The molecule has 0 radical (unpaired) electrons. The van der Waals surface area contributed by atoms with E-state index in [0.29, 0.717) is 12.5 Å². The van der Waals surface area contributed by atoms with Crippen LogP contribution in [0.5, 0.6) is 0 Å². The lowest BCUT2D eigenvalue weighted by Gasteiger charge is -2.11. The zero-order valence-corrected chi connectivity index (χ0v) is 16.3. The van der Waals surface area contributed by atoms with Gasteiger partial charge in [0, 0.05) is 11.8 Å². The summed E-state index contributed by atoms with van der Waals surface area (Å²) in [7, 11) is 0. The molecule has 0 saturated heterocycles. The van der Waals surface area contributed by atoms with Crippen LogP contribution < -0.4 is 0 Å². The second-order valence-electron chi connectivity index (χ2n) is 7.94. The Morgan fingerprint density at radius 1 is 0.828 bits per heavy atom. The highest BCUT2D eigenvalue weighted by Gasteiger charge is 2.21. The first-order valence-corrected chi connectivity index (χ1v) is 10.3. The summed E-state index contributed by atoms with van der Waals surface area (Å²) >= 11 is 0. The largest absolute Gasteiger partial charge is 0.260 e. The van der Waals surface area contributed by atoms with Gasteiger partial charge in [0.05, 0.1) is 6.54 Å². The SMILES string of the molecule is Fc1cc(-c2cccc(C3=NCC=N3)c2)ccc1CCC1Cc2ccccc2C1. The molecule has 29 heavy (non-hydrogen) atoms. The third-order valence-electron chi connectivity index (χ3n) is 6.00. The van der Waals surface area contributed by atoms with Gasteiger partial charge in [-0.1, -0.05) is 54.6 Å². The lowest BCUT2D eigenvalue weighted by atomic mass is 9.95. The van der Waals surface area contributed by atoms with E-state index in [-0.39, 0.29) is 5.82 Å². The predicted octanol–water partition coefficient (Wildman–Crippen LogP) is 5.67. The number of halogens is 1. The molecule has 2 nitrogen and oxygen atoms in total. The van der Waals surface area contributed by atoms with E-state index in [2.05, 4.69) is 34.3 Å². The highest BCUT2D eigenvalue weighted by atomic mass is 19.1. The first-order valence-electron chi connectivity index (χ1n) is 10.3. The van der Waals surface area contributed by atoms with Crippen LogP contribution in [-0.4, -0.2) is 18.6 Å². The number of amidine groups is 1. The van der Waals surface area contributed by atoms with Crippen molar-refractivity contribution in [1.29, 1.82) is 0 Å². The molecule has 1 heterocycles. The molecule has 1 aliphatic heterocycles. The normalized spacial score (nSPS) is 15.6. The number of nitrogens with zero attached hydrogens (tertiary/aromatic N) is 2. The third kappa shape index (κ3) is 3.77. The van der Waals surface area contributed by atoms with E-state index in [4.69, 9.17) is 0 Å². The molecule has 144 valence electrons. The Bertz CT molecular complexity index is 1090. The molecule has 0 spiro atoms. The number of hydrogen-bond donors (Lipinski definition) is 0. The number of fused-ring (bicyclic) bond motifs is 1. The molecule has 0 unspecified atom stereocenters. The number of hydrogen-bond acceptors (Lipinski definition) is 2. The average Bonchev–Trinajstić information content (AvgIpc) is 3.42. The fourth-order valence-corrected chi connectivity index (χ4v) is 4.44. The molecule has 0 aromatic heterocycles. The Morgan fingerprint density at radius 3 is 2.31 bits per heavy atom. The van der Waals surface area contributed by atoms with Gasteiger partial charge in [-0.25, -0.2) is 9.38 Å². The third-order valence-corrected chi connectivity index (χ3v) is 6.00. The van der Waals surface area contributed by atoms with Crippen LogP contribution in [-0.2, 0) is 19.3 Å². The van der Waals surface area contributed by atoms with Gasteiger partial charge in [-0.15, -0.1) is 0 Å². The summed E-state index contributed by atoms with van der Waals surface area (Å²) < 4.78 is 14.8. The summed E-state index contributed by atoms with van der Waals surface area (Å²) in [5.74, 6) is 1.26. The molecule has 0 amide bonds. The second kappa shape index (κ2) is 7.75. The van der Waals surface area contributed by atoms with Crippen LogP contribution in [0.2, 0.25) is 0 Å². The number of benzene rings is 3. The average molecular weight is 382 g/mol. The van der Waals surface area contributed by atoms with E-state index in [1.54, 1.807) is 12.3 Å². The molecule has 3 heteroatoms. The van der Waals surface area contributed by atoms with E-state index in [1.165, 1.54) is 11.1 Å². The van der Waals surface area contributed by atoms with Crippen molar-refractivity contribution in [3.63, 3.8) is 0 Å². The minimum atomic E-state index is -0.111. The van der Waals surface area contributed by atoms with Gasteiger partial charge in [-0.05, 0) is 71.6 Å². The maximum atomic E-state index is 14.8. The van der Waals surface area contributed by atoms with Gasteiger partial charge in [0.25, 0.3) is 0 Å². The van der Waals surface area contributed by atoms with Crippen molar-refractivity contribution in [3.8, 4) is 11.1 Å². The van der Waals surface area contributed by atoms with Gasteiger partial charge in [0.15, 0.2) is 5.84 Å². The molecule has 3 aromatic carbocycles. The van der Waals surface area contributed by atoms with Crippen molar-refractivity contribution >= 4 is 12.1 Å². The highest BCUT2D eigenvalue weighted by Crippen LogP contribution is 2.30. The zero-order chi connectivity index (χ0) is 19.6. The van der Waals surface area contributed by atoms with Crippen LogP contribution in [0.3, 0.4) is 0 Å². The van der Waals surface area contributed by atoms with Crippen molar-refractivity contribution in [1.82, 2.24) is 0 Å². The van der Waals surface area contributed by atoms with Crippen LogP contribution >= 0.6 is 0 Å². The fraction of sp³-hybridized carbons (Fsp3) is 0.231. The Balaban J connectivity index is 1.29. The minimum absolute atomic E-state index is 0.111. The quantitative estimate of drug-likeness (QED) is 0.543.